The van der Waals surface area contributed by atoms with Crippen LogP contribution in [-0.2, 0) is 17.8 Å². The molecule has 5 aromatic rings. The molecule has 35 heavy (non-hydrogen) atoms. The monoisotopic (exact) mass is 493 g/mol. The molecule has 180 valence electrons. The minimum Gasteiger partial charge on any atom is -0.444 e. The summed E-state index contributed by atoms with van der Waals surface area (Å²) in [4.78, 5) is 32.8. The lowest BCUT2D eigenvalue weighted by molar-refractivity contribution is -0.00337. The fourth-order valence-electron chi connectivity index (χ4n) is 4.01. The number of aromatic amines is 1. The summed E-state index contributed by atoms with van der Waals surface area (Å²) in [5.74, 6) is 0.624. The molecule has 12 heteroatoms. The van der Waals surface area contributed by atoms with Gasteiger partial charge in [-0.1, -0.05) is 35.5 Å². The molecule has 1 aromatic carbocycles. The Morgan fingerprint density at radius 3 is 2.63 bits per heavy atom. The molecule has 5 rings (SSSR count). The Labute approximate surface area is 203 Å². The molecule has 0 aliphatic heterocycles. The Balaban J connectivity index is 1.74. The normalized spacial score (nSPS) is 12.6. The van der Waals surface area contributed by atoms with Crippen LogP contribution in [-0.4, -0.2) is 40.8 Å². The SMILES string of the molecule is Cc1c(-c2ncco2)sc2c1c(=O)n(Cc1nn[nH]n1)c(=O)n2CC(OC(C)C)c1ccccc1. The minimum atomic E-state index is -0.485. The van der Waals surface area contributed by atoms with Crippen molar-refractivity contribution in [1.82, 2.24) is 34.7 Å². The van der Waals surface area contributed by atoms with Gasteiger partial charge in [0.2, 0.25) is 5.89 Å². The summed E-state index contributed by atoms with van der Waals surface area (Å²) < 4.78 is 14.4. The summed E-state index contributed by atoms with van der Waals surface area (Å²) >= 11 is 1.30. The average molecular weight is 494 g/mol. The quantitative estimate of drug-likeness (QED) is 0.349. The van der Waals surface area contributed by atoms with Crippen molar-refractivity contribution in [2.75, 3.05) is 0 Å². The molecule has 0 spiro atoms. The van der Waals surface area contributed by atoms with E-state index in [-0.39, 0.29) is 25.0 Å². The van der Waals surface area contributed by atoms with E-state index >= 15 is 0 Å². The molecule has 0 aliphatic carbocycles. The molecule has 0 saturated carbocycles. The van der Waals surface area contributed by atoms with E-state index in [0.717, 1.165) is 10.1 Å². The number of oxazole rings is 1. The van der Waals surface area contributed by atoms with Crippen LogP contribution in [0, 0.1) is 6.92 Å². The van der Waals surface area contributed by atoms with Crippen molar-refractivity contribution in [1.29, 1.82) is 0 Å². The first-order valence-electron chi connectivity index (χ1n) is 11.0. The second-order valence-electron chi connectivity index (χ2n) is 8.27. The van der Waals surface area contributed by atoms with Crippen molar-refractivity contribution in [2.45, 2.75) is 46.1 Å². The highest BCUT2D eigenvalue weighted by molar-refractivity contribution is 7.22. The van der Waals surface area contributed by atoms with Gasteiger partial charge >= 0.3 is 5.69 Å². The molecule has 0 fully saturated rings. The summed E-state index contributed by atoms with van der Waals surface area (Å²) in [5, 5.41) is 14.2. The highest BCUT2D eigenvalue weighted by Crippen LogP contribution is 2.36. The van der Waals surface area contributed by atoms with Gasteiger partial charge < -0.3 is 9.15 Å². The molecule has 0 amide bonds. The van der Waals surface area contributed by atoms with E-state index in [4.69, 9.17) is 9.15 Å². The number of hydrogen-bond acceptors (Lipinski definition) is 9. The third-order valence-electron chi connectivity index (χ3n) is 5.57. The van der Waals surface area contributed by atoms with E-state index in [1.807, 2.05) is 51.1 Å². The summed E-state index contributed by atoms with van der Waals surface area (Å²) in [6.07, 6.45) is 2.52. The Bertz CT molecular complexity index is 1550. The van der Waals surface area contributed by atoms with Gasteiger partial charge in [0.15, 0.2) is 5.82 Å². The molecule has 0 radical (unpaired) electrons. The van der Waals surface area contributed by atoms with Gasteiger partial charge in [0.25, 0.3) is 5.56 Å². The fraction of sp³-hybridized carbons (Fsp3) is 0.304. The maximum absolute atomic E-state index is 13.7. The molecule has 4 aromatic heterocycles. The lowest BCUT2D eigenvalue weighted by Gasteiger charge is -2.22. The first-order chi connectivity index (χ1) is 16.9. The summed E-state index contributed by atoms with van der Waals surface area (Å²) in [7, 11) is 0. The first-order valence-corrected chi connectivity index (χ1v) is 11.8. The number of nitrogens with zero attached hydrogens (tertiary/aromatic N) is 6. The van der Waals surface area contributed by atoms with Crippen LogP contribution in [0.1, 0.15) is 36.9 Å². The number of nitrogens with one attached hydrogen (secondary N) is 1. The Kier molecular flexibility index (Phi) is 6.14. The van der Waals surface area contributed by atoms with E-state index < -0.39 is 17.4 Å². The molecular formula is C23H23N7O4S. The number of H-pyrrole nitrogens is 1. The van der Waals surface area contributed by atoms with Gasteiger partial charge in [0.1, 0.15) is 17.2 Å². The van der Waals surface area contributed by atoms with Crippen LogP contribution in [0.25, 0.3) is 21.0 Å². The zero-order valence-corrected chi connectivity index (χ0v) is 20.2. The molecule has 1 unspecified atom stereocenters. The van der Waals surface area contributed by atoms with E-state index in [1.54, 1.807) is 10.8 Å². The van der Waals surface area contributed by atoms with E-state index in [9.17, 15) is 9.59 Å². The van der Waals surface area contributed by atoms with E-state index in [2.05, 4.69) is 25.6 Å². The second kappa shape index (κ2) is 9.39. The third-order valence-corrected chi connectivity index (χ3v) is 6.87. The Morgan fingerprint density at radius 1 is 1.17 bits per heavy atom. The zero-order valence-electron chi connectivity index (χ0n) is 19.3. The van der Waals surface area contributed by atoms with Crippen molar-refractivity contribution < 1.29 is 9.15 Å². The van der Waals surface area contributed by atoms with Crippen LogP contribution in [0.3, 0.4) is 0 Å². The summed E-state index contributed by atoms with van der Waals surface area (Å²) in [5.41, 5.74) is 0.701. The smallest absolute Gasteiger partial charge is 0.332 e. The largest absolute Gasteiger partial charge is 0.444 e. The van der Waals surface area contributed by atoms with Gasteiger partial charge in [-0.05, 0) is 31.9 Å². The lowest BCUT2D eigenvalue weighted by atomic mass is 10.1. The predicted octanol–water partition coefficient (Wildman–Crippen LogP) is 2.92. The minimum absolute atomic E-state index is 0.0791. The number of thiophene rings is 1. The van der Waals surface area contributed by atoms with Crippen molar-refractivity contribution in [3.8, 4) is 10.8 Å². The first kappa shape index (κ1) is 22.9. The molecule has 0 bridgehead atoms. The lowest BCUT2D eigenvalue weighted by Crippen LogP contribution is -2.41. The van der Waals surface area contributed by atoms with Gasteiger partial charge in [-0.15, -0.1) is 21.5 Å². The number of fused-ring (bicyclic) bond motifs is 1. The number of aromatic nitrogens is 7. The van der Waals surface area contributed by atoms with E-state index in [0.29, 0.717) is 26.5 Å². The Morgan fingerprint density at radius 2 is 1.97 bits per heavy atom. The second-order valence-corrected chi connectivity index (χ2v) is 9.27. The Hall–Kier alpha value is -3.90. The van der Waals surface area contributed by atoms with Gasteiger partial charge in [0, 0.05) is 0 Å². The molecule has 11 nitrogen and oxygen atoms in total. The van der Waals surface area contributed by atoms with Crippen molar-refractivity contribution >= 4 is 21.6 Å². The van der Waals surface area contributed by atoms with Crippen LogP contribution in [0.2, 0.25) is 0 Å². The maximum Gasteiger partial charge on any atom is 0.332 e. The number of benzene rings is 1. The predicted molar refractivity (Wildman–Crippen MR) is 129 cm³/mol. The molecule has 4 heterocycles. The highest BCUT2D eigenvalue weighted by Gasteiger charge is 2.25. The summed E-state index contributed by atoms with van der Waals surface area (Å²) in [6, 6.07) is 9.71. The standard InChI is InChI=1S/C23H23N7O4S/c1-13(2)34-16(15-7-5-4-6-8-15)11-30-22-18(14(3)19(35-22)20-24-9-10-33-20)21(31)29(23(30)32)12-17-25-27-28-26-17/h4-10,13,16H,11-12H2,1-3H3,(H,25,26,27,28). The van der Waals surface area contributed by atoms with E-state index in [1.165, 1.54) is 17.6 Å². The number of ether oxygens (including phenoxy) is 1. The molecular weight excluding hydrogens is 470 g/mol. The van der Waals surface area contributed by atoms with Gasteiger partial charge in [-0.3, -0.25) is 13.9 Å². The van der Waals surface area contributed by atoms with Gasteiger partial charge in [-0.25, -0.2) is 9.78 Å². The van der Waals surface area contributed by atoms with Crippen LogP contribution in [0.4, 0.5) is 0 Å². The molecule has 1 atom stereocenters. The summed E-state index contributed by atoms with van der Waals surface area (Å²) in [6.45, 7) is 5.80. The van der Waals surface area contributed by atoms with Crippen molar-refractivity contribution in [3.63, 3.8) is 0 Å². The highest BCUT2D eigenvalue weighted by atomic mass is 32.1. The van der Waals surface area contributed by atoms with Gasteiger partial charge in [0.05, 0.1) is 35.7 Å². The number of aryl methyl sites for hydroxylation is 1. The fourth-order valence-corrected chi connectivity index (χ4v) is 5.26. The number of rotatable bonds is 8. The molecule has 0 saturated heterocycles. The number of tetrazole rings is 1. The molecule has 1 N–H and O–H groups in total. The number of hydrogen-bond donors (Lipinski definition) is 1. The topological polar surface area (TPSA) is 134 Å². The zero-order chi connectivity index (χ0) is 24.5. The van der Waals surface area contributed by atoms with Crippen LogP contribution in [0.5, 0.6) is 0 Å². The van der Waals surface area contributed by atoms with Crippen molar-refractivity contribution in [3.05, 3.63) is 80.6 Å². The molecule has 0 aliphatic rings. The average Bonchev–Trinajstić information content (AvgIpc) is 3.61. The van der Waals surface area contributed by atoms with Crippen LogP contribution in [0.15, 0.2) is 56.8 Å². The van der Waals surface area contributed by atoms with Crippen LogP contribution >= 0.6 is 11.3 Å². The van der Waals surface area contributed by atoms with Crippen molar-refractivity contribution in [2.24, 2.45) is 0 Å². The third kappa shape index (κ3) is 4.33. The van der Waals surface area contributed by atoms with Gasteiger partial charge in [-0.2, -0.15) is 5.21 Å². The van der Waals surface area contributed by atoms with Crippen LogP contribution < -0.4 is 11.2 Å². The maximum atomic E-state index is 13.7.